The first-order valence-electron chi connectivity index (χ1n) is 9.09. The molecule has 0 saturated carbocycles. The van der Waals surface area contributed by atoms with Gasteiger partial charge in [-0.05, 0) is 37.6 Å². The molecule has 3 aromatic rings. The van der Waals surface area contributed by atoms with Crippen LogP contribution in [0.3, 0.4) is 0 Å². The number of rotatable bonds is 6. The second-order valence-corrected chi connectivity index (χ2v) is 6.65. The van der Waals surface area contributed by atoms with Crippen molar-refractivity contribution in [2.45, 2.75) is 20.4 Å². The van der Waals surface area contributed by atoms with E-state index in [0.29, 0.717) is 22.9 Å². The lowest BCUT2D eigenvalue weighted by atomic mass is 10.0. The minimum atomic E-state index is -0.388. The zero-order valence-electron chi connectivity index (χ0n) is 16.9. The Hall–Kier alpha value is -3.61. The highest BCUT2D eigenvalue weighted by Crippen LogP contribution is 2.29. The molecule has 0 atom stereocenters. The second-order valence-electron chi connectivity index (χ2n) is 6.65. The van der Waals surface area contributed by atoms with Crippen LogP contribution in [0.15, 0.2) is 53.3 Å². The van der Waals surface area contributed by atoms with Crippen molar-refractivity contribution in [3.05, 3.63) is 70.0 Å². The van der Waals surface area contributed by atoms with Crippen molar-refractivity contribution >= 4 is 11.6 Å². The zero-order valence-corrected chi connectivity index (χ0v) is 16.9. The van der Waals surface area contributed by atoms with Gasteiger partial charge >= 0.3 is 0 Å². The molecule has 2 aromatic carbocycles. The average molecular weight is 393 g/mol. The Morgan fingerprint density at radius 3 is 2.52 bits per heavy atom. The summed E-state index contributed by atoms with van der Waals surface area (Å²) in [4.78, 5) is 24.7. The van der Waals surface area contributed by atoms with Crippen LogP contribution in [0.2, 0.25) is 0 Å². The van der Waals surface area contributed by atoms with Crippen molar-refractivity contribution in [2.75, 3.05) is 19.5 Å². The van der Waals surface area contributed by atoms with E-state index in [1.807, 2.05) is 26.0 Å². The number of benzene rings is 2. The summed E-state index contributed by atoms with van der Waals surface area (Å²) >= 11 is 0. The lowest BCUT2D eigenvalue weighted by Gasteiger charge is -2.13. The molecule has 1 heterocycles. The summed E-state index contributed by atoms with van der Waals surface area (Å²) in [5.74, 6) is 0.682. The quantitative estimate of drug-likeness (QED) is 0.696. The Kier molecular flexibility index (Phi) is 5.97. The topological polar surface area (TPSA) is 82.5 Å². The fraction of sp³-hybridized carbons (Fsp3) is 0.227. The van der Waals surface area contributed by atoms with E-state index in [9.17, 15) is 9.59 Å². The van der Waals surface area contributed by atoms with Crippen molar-refractivity contribution in [2.24, 2.45) is 0 Å². The van der Waals surface area contributed by atoms with Crippen LogP contribution in [0.25, 0.3) is 11.3 Å². The van der Waals surface area contributed by atoms with Crippen molar-refractivity contribution < 1.29 is 14.3 Å². The van der Waals surface area contributed by atoms with Gasteiger partial charge in [0.15, 0.2) is 0 Å². The number of carbonyl (C=O) groups is 1. The lowest BCUT2D eigenvalue weighted by molar-refractivity contribution is -0.117. The third-order valence-electron chi connectivity index (χ3n) is 4.50. The molecule has 3 rings (SSSR count). The van der Waals surface area contributed by atoms with Crippen LogP contribution in [-0.2, 0) is 11.3 Å². The molecular formula is C22H23N3O4. The van der Waals surface area contributed by atoms with Gasteiger partial charge in [0.1, 0.15) is 18.0 Å². The number of hydrogen-bond donors (Lipinski definition) is 1. The summed E-state index contributed by atoms with van der Waals surface area (Å²) in [7, 11) is 3.05. The highest BCUT2D eigenvalue weighted by atomic mass is 16.5. The van der Waals surface area contributed by atoms with E-state index in [1.54, 1.807) is 31.4 Å². The number of aromatic nitrogens is 2. The highest BCUT2D eigenvalue weighted by Gasteiger charge is 2.12. The molecule has 0 saturated heterocycles. The molecule has 29 heavy (non-hydrogen) atoms. The third-order valence-corrected chi connectivity index (χ3v) is 4.50. The fourth-order valence-electron chi connectivity index (χ4n) is 3.03. The van der Waals surface area contributed by atoms with Crippen LogP contribution < -0.4 is 20.3 Å². The van der Waals surface area contributed by atoms with Crippen LogP contribution >= 0.6 is 0 Å². The number of anilines is 1. The highest BCUT2D eigenvalue weighted by molar-refractivity contribution is 5.92. The molecule has 0 fully saturated rings. The van der Waals surface area contributed by atoms with Gasteiger partial charge in [-0.2, -0.15) is 5.10 Å². The Morgan fingerprint density at radius 1 is 1.03 bits per heavy atom. The summed E-state index contributed by atoms with van der Waals surface area (Å²) in [6.45, 7) is 3.79. The molecule has 0 spiro atoms. The number of ether oxygens (including phenoxy) is 2. The van der Waals surface area contributed by atoms with E-state index < -0.39 is 0 Å². The van der Waals surface area contributed by atoms with Crippen molar-refractivity contribution in [1.82, 2.24) is 9.78 Å². The molecule has 150 valence electrons. The molecule has 0 radical (unpaired) electrons. The van der Waals surface area contributed by atoms with Crippen molar-refractivity contribution in [3.63, 3.8) is 0 Å². The van der Waals surface area contributed by atoms with Crippen molar-refractivity contribution in [1.29, 1.82) is 0 Å². The van der Waals surface area contributed by atoms with E-state index in [0.717, 1.165) is 21.4 Å². The number of nitrogens with zero attached hydrogens (tertiary/aromatic N) is 2. The first-order valence-corrected chi connectivity index (χ1v) is 9.09. The normalized spacial score (nSPS) is 10.5. The number of aryl methyl sites for hydroxylation is 2. The molecule has 0 unspecified atom stereocenters. The number of amides is 1. The maximum Gasteiger partial charge on any atom is 0.267 e. The smallest absolute Gasteiger partial charge is 0.267 e. The molecule has 1 aromatic heterocycles. The monoisotopic (exact) mass is 393 g/mol. The van der Waals surface area contributed by atoms with Crippen LogP contribution in [-0.4, -0.2) is 29.9 Å². The van der Waals surface area contributed by atoms with Crippen LogP contribution in [0.1, 0.15) is 11.1 Å². The van der Waals surface area contributed by atoms with Gasteiger partial charge in [-0.15, -0.1) is 0 Å². The Labute approximate surface area is 168 Å². The number of methoxy groups -OCH3 is 2. The van der Waals surface area contributed by atoms with Crippen molar-refractivity contribution in [3.8, 4) is 22.8 Å². The number of carbonyl (C=O) groups excluding carboxylic acids is 1. The molecule has 7 nitrogen and oxygen atoms in total. The molecule has 0 bridgehead atoms. The largest absolute Gasteiger partial charge is 0.497 e. The number of hydrogen-bond acceptors (Lipinski definition) is 5. The molecule has 0 aliphatic carbocycles. The van der Waals surface area contributed by atoms with Crippen LogP contribution in [0.5, 0.6) is 11.5 Å². The predicted octanol–water partition coefficient (Wildman–Crippen LogP) is 3.18. The standard InChI is InChI=1S/C22H23N3O4/c1-14-5-7-17(15(2)11-14)18-9-10-22(27)25(24-18)13-21(26)23-19-8-6-16(28-3)12-20(19)29-4/h5-12H,13H2,1-4H3,(H,23,26). The second kappa shape index (κ2) is 8.60. The van der Waals surface area contributed by atoms with Gasteiger partial charge in [0.2, 0.25) is 5.91 Å². The lowest BCUT2D eigenvalue weighted by Crippen LogP contribution is -2.29. The van der Waals surface area contributed by atoms with Gasteiger partial charge in [0.25, 0.3) is 5.56 Å². The van der Waals surface area contributed by atoms with E-state index in [4.69, 9.17) is 9.47 Å². The average Bonchev–Trinajstić information content (AvgIpc) is 2.70. The Morgan fingerprint density at radius 2 is 1.83 bits per heavy atom. The minimum absolute atomic E-state index is 0.216. The van der Waals surface area contributed by atoms with Gasteiger partial charge in [-0.3, -0.25) is 9.59 Å². The van der Waals surface area contributed by atoms with Gasteiger partial charge < -0.3 is 14.8 Å². The maximum atomic E-state index is 12.5. The zero-order chi connectivity index (χ0) is 21.0. The Bertz CT molecular complexity index is 1110. The first-order chi connectivity index (χ1) is 13.9. The van der Waals surface area contributed by atoms with Gasteiger partial charge in [0, 0.05) is 17.7 Å². The summed E-state index contributed by atoms with van der Waals surface area (Å²) in [5, 5.41) is 7.12. The maximum absolute atomic E-state index is 12.5. The first kappa shape index (κ1) is 20.1. The van der Waals surface area contributed by atoms with E-state index >= 15 is 0 Å². The van der Waals surface area contributed by atoms with E-state index in [2.05, 4.69) is 16.5 Å². The summed E-state index contributed by atoms with van der Waals surface area (Å²) in [6, 6.07) is 14.1. The van der Waals surface area contributed by atoms with Crippen LogP contribution in [0, 0.1) is 13.8 Å². The Balaban J connectivity index is 1.83. The van der Waals surface area contributed by atoms with Gasteiger partial charge in [-0.25, -0.2) is 4.68 Å². The fourth-order valence-corrected chi connectivity index (χ4v) is 3.03. The molecule has 1 N–H and O–H groups in total. The summed E-state index contributed by atoms with van der Waals surface area (Å²) in [6.07, 6.45) is 0. The SMILES string of the molecule is COc1ccc(NC(=O)Cn2nc(-c3ccc(C)cc3C)ccc2=O)c(OC)c1. The molecular weight excluding hydrogens is 370 g/mol. The molecule has 1 amide bonds. The predicted molar refractivity (Wildman–Crippen MR) is 112 cm³/mol. The molecule has 7 heteroatoms. The van der Waals surface area contributed by atoms with E-state index in [1.165, 1.54) is 13.2 Å². The van der Waals surface area contributed by atoms with Gasteiger partial charge in [-0.1, -0.05) is 23.8 Å². The van der Waals surface area contributed by atoms with E-state index in [-0.39, 0.29) is 18.0 Å². The van der Waals surface area contributed by atoms with Gasteiger partial charge in [0.05, 0.1) is 25.6 Å². The van der Waals surface area contributed by atoms with Crippen LogP contribution in [0.4, 0.5) is 5.69 Å². The minimum Gasteiger partial charge on any atom is -0.497 e. The molecule has 0 aliphatic heterocycles. The summed E-state index contributed by atoms with van der Waals surface area (Å²) in [5.41, 5.74) is 3.88. The summed E-state index contributed by atoms with van der Waals surface area (Å²) < 4.78 is 11.6. The number of nitrogens with one attached hydrogen (secondary N) is 1. The third kappa shape index (κ3) is 4.63. The molecule has 0 aliphatic rings.